The van der Waals surface area contributed by atoms with Crippen molar-refractivity contribution < 1.29 is 18.8 Å². The van der Waals surface area contributed by atoms with Crippen molar-refractivity contribution in [3.8, 4) is 5.69 Å². The van der Waals surface area contributed by atoms with E-state index in [2.05, 4.69) is 26.2 Å². The van der Waals surface area contributed by atoms with Gasteiger partial charge in [0, 0.05) is 22.1 Å². The van der Waals surface area contributed by atoms with Crippen LogP contribution in [0.1, 0.15) is 17.0 Å². The van der Waals surface area contributed by atoms with Crippen LogP contribution in [0.15, 0.2) is 58.8 Å². The van der Waals surface area contributed by atoms with Crippen molar-refractivity contribution in [2.45, 2.75) is 13.8 Å². The molecule has 0 radical (unpaired) electrons. The van der Waals surface area contributed by atoms with Gasteiger partial charge in [0.15, 0.2) is 0 Å². The smallest absolute Gasteiger partial charge is 0.315 e. The Labute approximate surface area is 185 Å². The number of benzene rings is 1. The highest BCUT2D eigenvalue weighted by atomic mass is 79.9. The van der Waals surface area contributed by atoms with Gasteiger partial charge in [-0.15, -0.1) is 0 Å². The molecule has 1 aliphatic rings. The second-order valence-corrected chi connectivity index (χ2v) is 7.84. The van der Waals surface area contributed by atoms with Gasteiger partial charge in [0.25, 0.3) is 11.8 Å². The van der Waals surface area contributed by atoms with E-state index < -0.39 is 23.7 Å². The van der Waals surface area contributed by atoms with Crippen LogP contribution < -0.4 is 10.2 Å². The van der Waals surface area contributed by atoms with E-state index in [0.717, 1.165) is 10.6 Å². The van der Waals surface area contributed by atoms with Gasteiger partial charge in [-0.3, -0.25) is 19.9 Å². The number of nitrogens with one attached hydrogen (secondary N) is 1. The number of aromatic nitrogens is 2. The van der Waals surface area contributed by atoms with Gasteiger partial charge in [0.05, 0.1) is 17.6 Å². The highest BCUT2D eigenvalue weighted by molar-refractivity contribution is 9.10. The summed E-state index contributed by atoms with van der Waals surface area (Å²) in [5.41, 5.74) is 2.28. The molecule has 31 heavy (non-hydrogen) atoms. The van der Waals surface area contributed by atoms with Gasteiger partial charge in [-0.05, 0) is 61.9 Å². The number of amides is 4. The number of anilines is 1. The van der Waals surface area contributed by atoms with E-state index in [-0.39, 0.29) is 11.3 Å². The minimum absolute atomic E-state index is 0.208. The monoisotopic (exact) mass is 482 g/mol. The summed E-state index contributed by atoms with van der Waals surface area (Å²) in [7, 11) is 0. The predicted octanol–water partition coefficient (Wildman–Crippen LogP) is 4.06. The van der Waals surface area contributed by atoms with Gasteiger partial charge in [-0.1, -0.05) is 15.9 Å². The first kappa shape index (κ1) is 20.7. The number of carbonyl (C=O) groups excluding carboxylic acids is 3. The number of rotatable bonds is 3. The molecule has 1 fully saturated rings. The van der Waals surface area contributed by atoms with E-state index in [0.29, 0.717) is 21.4 Å². The van der Waals surface area contributed by atoms with Gasteiger partial charge in [-0.2, -0.15) is 0 Å². The summed E-state index contributed by atoms with van der Waals surface area (Å²) >= 11 is 3.24. The van der Waals surface area contributed by atoms with Crippen molar-refractivity contribution in [1.82, 2.24) is 14.9 Å². The Morgan fingerprint density at radius 2 is 1.90 bits per heavy atom. The molecule has 7 nitrogen and oxygen atoms in total. The molecule has 0 saturated carbocycles. The first-order valence-electron chi connectivity index (χ1n) is 9.24. The Balaban J connectivity index is 1.78. The zero-order valence-electron chi connectivity index (χ0n) is 16.5. The van der Waals surface area contributed by atoms with E-state index in [4.69, 9.17) is 0 Å². The molecule has 1 saturated heterocycles. The number of nitrogens with zero attached hydrogens (tertiary/aromatic N) is 3. The molecule has 0 aliphatic carbocycles. The quantitative estimate of drug-likeness (QED) is 0.450. The Morgan fingerprint density at radius 1 is 1.13 bits per heavy atom. The molecular formula is C22H16BrFN4O3. The third kappa shape index (κ3) is 3.68. The van der Waals surface area contributed by atoms with Crippen molar-refractivity contribution in [3.05, 3.63) is 81.6 Å². The standard InChI is InChI=1S/C22H16BrFN4O3/c1-12-8-14(13(2)27(12)19-6-5-15(23)10-18(19)24)9-17-20(29)26-22(31)28(21(17)30)16-4-3-7-25-11-16/h3-11H,1-2H3,(H,26,29,31)/b17-9+. The van der Waals surface area contributed by atoms with E-state index in [9.17, 15) is 18.8 Å². The average Bonchev–Trinajstić information content (AvgIpc) is 2.99. The lowest BCUT2D eigenvalue weighted by atomic mass is 10.1. The molecular weight excluding hydrogens is 467 g/mol. The maximum absolute atomic E-state index is 14.5. The van der Waals surface area contributed by atoms with E-state index in [1.807, 2.05) is 0 Å². The third-order valence-electron chi connectivity index (χ3n) is 4.93. The number of aryl methyl sites for hydroxylation is 1. The fraction of sp³-hybridized carbons (Fsp3) is 0.0909. The third-order valence-corrected chi connectivity index (χ3v) is 5.42. The van der Waals surface area contributed by atoms with Crippen molar-refractivity contribution >= 4 is 45.5 Å². The van der Waals surface area contributed by atoms with Gasteiger partial charge in [-0.25, -0.2) is 14.1 Å². The number of pyridine rings is 1. The number of carbonyl (C=O) groups is 3. The second kappa shape index (κ2) is 7.92. The highest BCUT2D eigenvalue weighted by Gasteiger charge is 2.37. The van der Waals surface area contributed by atoms with Gasteiger partial charge < -0.3 is 4.57 Å². The Bertz CT molecular complexity index is 1270. The summed E-state index contributed by atoms with van der Waals surface area (Å²) in [5.74, 6) is -1.98. The molecule has 156 valence electrons. The maximum Gasteiger partial charge on any atom is 0.336 e. The minimum Gasteiger partial charge on any atom is -0.315 e. The lowest BCUT2D eigenvalue weighted by Gasteiger charge is -2.26. The van der Waals surface area contributed by atoms with Crippen LogP contribution in [0.2, 0.25) is 0 Å². The summed E-state index contributed by atoms with van der Waals surface area (Å²) in [5, 5.41) is 2.18. The highest BCUT2D eigenvalue weighted by Crippen LogP contribution is 2.27. The van der Waals surface area contributed by atoms with Crippen LogP contribution in [0, 0.1) is 19.7 Å². The Kier molecular flexibility index (Phi) is 5.28. The van der Waals surface area contributed by atoms with Crippen LogP contribution in [0.5, 0.6) is 0 Å². The van der Waals surface area contributed by atoms with E-state index in [1.165, 1.54) is 24.5 Å². The average molecular weight is 483 g/mol. The van der Waals surface area contributed by atoms with Crippen molar-refractivity contribution in [3.63, 3.8) is 0 Å². The fourth-order valence-electron chi connectivity index (χ4n) is 3.50. The number of hydrogen-bond donors (Lipinski definition) is 1. The zero-order chi connectivity index (χ0) is 22.3. The molecule has 1 N–H and O–H groups in total. The number of barbiturate groups is 1. The molecule has 0 unspecified atom stereocenters. The van der Waals surface area contributed by atoms with Crippen LogP contribution in [0.4, 0.5) is 14.9 Å². The molecule has 0 bridgehead atoms. The first-order valence-corrected chi connectivity index (χ1v) is 10.0. The summed E-state index contributed by atoms with van der Waals surface area (Å²) < 4.78 is 16.8. The summed E-state index contributed by atoms with van der Waals surface area (Å²) in [6, 6.07) is 8.75. The normalized spacial score (nSPS) is 15.5. The van der Waals surface area contributed by atoms with Crippen LogP contribution in [-0.4, -0.2) is 27.4 Å². The predicted molar refractivity (Wildman–Crippen MR) is 116 cm³/mol. The van der Waals surface area contributed by atoms with Crippen molar-refractivity contribution in [1.29, 1.82) is 0 Å². The summed E-state index contributed by atoms with van der Waals surface area (Å²) in [4.78, 5) is 42.4. The van der Waals surface area contributed by atoms with Crippen LogP contribution in [0.3, 0.4) is 0 Å². The molecule has 0 spiro atoms. The zero-order valence-corrected chi connectivity index (χ0v) is 18.1. The largest absolute Gasteiger partial charge is 0.336 e. The lowest BCUT2D eigenvalue weighted by Crippen LogP contribution is -2.54. The number of hydrogen-bond acceptors (Lipinski definition) is 4. The first-order chi connectivity index (χ1) is 14.8. The Hall–Kier alpha value is -3.59. The molecule has 4 amide bonds. The fourth-order valence-corrected chi connectivity index (χ4v) is 3.83. The second-order valence-electron chi connectivity index (χ2n) is 6.93. The Morgan fingerprint density at radius 3 is 2.58 bits per heavy atom. The van der Waals surface area contributed by atoms with Crippen LogP contribution >= 0.6 is 15.9 Å². The van der Waals surface area contributed by atoms with Crippen LogP contribution in [0.25, 0.3) is 11.8 Å². The molecule has 2 aromatic heterocycles. The number of urea groups is 1. The summed E-state index contributed by atoms with van der Waals surface area (Å²) in [6.45, 7) is 3.56. The lowest BCUT2D eigenvalue weighted by molar-refractivity contribution is -0.122. The molecule has 3 heterocycles. The van der Waals surface area contributed by atoms with Gasteiger partial charge in [0.1, 0.15) is 11.4 Å². The molecule has 3 aromatic rings. The summed E-state index contributed by atoms with van der Waals surface area (Å²) in [6.07, 6.45) is 4.27. The van der Waals surface area contributed by atoms with Crippen LogP contribution in [-0.2, 0) is 9.59 Å². The van der Waals surface area contributed by atoms with Crippen molar-refractivity contribution in [2.75, 3.05) is 4.90 Å². The number of halogens is 2. The molecule has 9 heteroatoms. The molecule has 0 atom stereocenters. The molecule has 1 aliphatic heterocycles. The van der Waals surface area contributed by atoms with E-state index >= 15 is 0 Å². The van der Waals surface area contributed by atoms with Crippen molar-refractivity contribution in [2.24, 2.45) is 0 Å². The maximum atomic E-state index is 14.5. The minimum atomic E-state index is -0.845. The molecule has 4 rings (SSSR count). The number of imide groups is 2. The molecule has 1 aromatic carbocycles. The van der Waals surface area contributed by atoms with E-state index in [1.54, 1.807) is 48.7 Å². The SMILES string of the molecule is Cc1cc(/C=C2\C(=O)NC(=O)N(c3cccnc3)C2=O)c(C)n1-c1ccc(Br)cc1F. The van der Waals surface area contributed by atoms with Gasteiger partial charge >= 0.3 is 6.03 Å². The van der Waals surface area contributed by atoms with Gasteiger partial charge in [0.2, 0.25) is 0 Å². The topological polar surface area (TPSA) is 84.3 Å².